The van der Waals surface area contributed by atoms with E-state index < -0.39 is 33.5 Å². The zero-order chi connectivity index (χ0) is 34.8. The van der Waals surface area contributed by atoms with Gasteiger partial charge in [0.25, 0.3) is 0 Å². The number of ether oxygens (including phenoxy) is 1. The molecule has 3 heterocycles. The van der Waals surface area contributed by atoms with E-state index in [1.54, 1.807) is 13.8 Å². The van der Waals surface area contributed by atoms with Gasteiger partial charge in [0.2, 0.25) is 5.91 Å². The molecule has 0 bridgehead atoms. The summed E-state index contributed by atoms with van der Waals surface area (Å²) in [7, 11) is -4.67. The third-order valence-corrected chi connectivity index (χ3v) is 9.10. The molecule has 7 N–H and O–H groups in total. The topological polar surface area (TPSA) is 185 Å². The van der Waals surface area contributed by atoms with Gasteiger partial charge in [0, 0.05) is 49.2 Å². The number of amides is 1. The molecule has 48 heavy (non-hydrogen) atoms. The Morgan fingerprint density at radius 1 is 0.958 bits per heavy atom. The highest BCUT2D eigenvalue weighted by atomic mass is 31.2. The maximum atomic E-state index is 15.7. The van der Waals surface area contributed by atoms with Crippen molar-refractivity contribution in [2.24, 2.45) is 0 Å². The number of fused-ring (bicyclic) bond motifs is 2. The number of carbonyl (C=O) groups is 2. The number of nitrogens with one attached hydrogen (secondary N) is 1. The summed E-state index contributed by atoms with van der Waals surface area (Å²) in [6, 6.07) is 1.82. The van der Waals surface area contributed by atoms with Gasteiger partial charge in [0.15, 0.2) is 5.70 Å². The van der Waals surface area contributed by atoms with Crippen molar-refractivity contribution in [2.75, 3.05) is 19.8 Å². The summed E-state index contributed by atoms with van der Waals surface area (Å²) < 4.78 is 53.4. The smallest absolute Gasteiger partial charge is 0.463 e. The molecule has 0 radical (unpaired) electrons. The van der Waals surface area contributed by atoms with Gasteiger partial charge >= 0.3 is 20.8 Å². The molecule has 1 aromatic rings. The summed E-state index contributed by atoms with van der Waals surface area (Å²) in [6.45, 7) is 2.84. The molecule has 0 saturated heterocycles. The van der Waals surface area contributed by atoms with Gasteiger partial charge in [-0.3, -0.25) is 14.1 Å². The molecule has 0 unspecified atom stereocenters. The van der Waals surface area contributed by atoms with Crippen LogP contribution in [0.5, 0.6) is 0 Å². The summed E-state index contributed by atoms with van der Waals surface area (Å²) in [5.41, 5.74) is 4.80. The van der Waals surface area contributed by atoms with Crippen LogP contribution in [0.1, 0.15) is 114 Å². The average Bonchev–Trinajstić information content (AvgIpc) is 3.47. The van der Waals surface area contributed by atoms with Crippen LogP contribution in [-0.2, 0) is 23.4 Å². The van der Waals surface area contributed by atoms with Crippen molar-refractivity contribution >= 4 is 38.0 Å². The van der Waals surface area contributed by atoms with E-state index in [0.717, 1.165) is 68.1 Å². The third-order valence-electron chi connectivity index (χ3n) is 8.61. The van der Waals surface area contributed by atoms with Gasteiger partial charge in [0.1, 0.15) is 18.4 Å². The minimum atomic E-state index is -4.67. The zero-order valence-corrected chi connectivity index (χ0v) is 29.7. The van der Waals surface area contributed by atoms with E-state index in [0.29, 0.717) is 55.0 Å². The first-order valence-electron chi connectivity index (χ1n) is 16.7. The molecular weight excluding hydrogens is 648 g/mol. The third kappa shape index (κ3) is 11.7. The first-order valence-corrected chi connectivity index (χ1v) is 18.2. The Kier molecular flexibility index (Phi) is 16.4. The van der Waals surface area contributed by atoms with Crippen molar-refractivity contribution in [1.82, 2.24) is 15.9 Å². The van der Waals surface area contributed by atoms with Crippen molar-refractivity contribution in [3.05, 3.63) is 40.4 Å². The molecule has 3 rings (SSSR count). The zero-order valence-electron chi connectivity index (χ0n) is 28.8. The van der Waals surface area contributed by atoms with Crippen LogP contribution in [0.15, 0.2) is 23.4 Å². The van der Waals surface area contributed by atoms with Crippen LogP contribution in [0.3, 0.4) is 0 Å². The molecule has 16 heteroatoms. The molecule has 1 atom stereocenters. The van der Waals surface area contributed by atoms with E-state index in [1.165, 1.54) is 8.96 Å². The van der Waals surface area contributed by atoms with E-state index in [4.69, 9.17) is 14.5 Å². The molecule has 0 fully saturated rings. The van der Waals surface area contributed by atoms with Crippen LogP contribution in [0.25, 0.3) is 5.57 Å². The lowest BCUT2D eigenvalue weighted by Gasteiger charge is -2.34. The number of phosphoric acid groups is 1. The standard InChI is InChI=1S/C32H51BF2N3O8P.H3N/c1-23-19-25(3)37-31(23)28(32-24(2)20-26(4)38(32)33(37,34)35)15-14-16-29(40)36-18-13-11-9-7-5-6-8-10-12-17-30(41)45-21-27(39)22-46-47(42,43)44;/h19-20,27,39H,5-18,21-22H2,1-4H3,(H,36,40)(H2,42,43,44);1H3/t27-;/m0./s1. The minimum absolute atomic E-state index is 0. The molecule has 12 nitrogen and oxygen atoms in total. The van der Waals surface area contributed by atoms with Crippen LogP contribution in [0.2, 0.25) is 0 Å². The number of esters is 1. The fourth-order valence-corrected chi connectivity index (χ4v) is 6.90. The second-order valence-corrected chi connectivity index (χ2v) is 13.9. The second kappa shape index (κ2) is 18.9. The van der Waals surface area contributed by atoms with Gasteiger partial charge in [-0.25, -0.2) is 4.57 Å². The lowest BCUT2D eigenvalue weighted by atomic mass is 9.84. The highest BCUT2D eigenvalue weighted by Crippen LogP contribution is 2.43. The van der Waals surface area contributed by atoms with Gasteiger partial charge in [-0.2, -0.15) is 0 Å². The molecule has 1 amide bonds. The molecule has 2 aliphatic heterocycles. The van der Waals surface area contributed by atoms with Crippen molar-refractivity contribution in [3.8, 4) is 0 Å². The quantitative estimate of drug-likeness (QED) is 0.0454. The Labute approximate surface area is 282 Å². The number of hydrogen-bond donors (Lipinski definition) is 5. The average molecular weight is 703 g/mol. The van der Waals surface area contributed by atoms with E-state index in [-0.39, 0.29) is 25.1 Å². The molecule has 272 valence electrons. The second-order valence-electron chi connectivity index (χ2n) is 12.7. The first kappa shape index (κ1) is 41.5. The van der Waals surface area contributed by atoms with Gasteiger partial charge < -0.3 is 48.7 Å². The number of aryl methyl sites for hydroxylation is 2. The number of nitrogens with zero attached hydrogens (tertiary/aromatic N) is 2. The first-order chi connectivity index (χ1) is 22.1. The van der Waals surface area contributed by atoms with Crippen molar-refractivity contribution in [3.63, 3.8) is 0 Å². The van der Waals surface area contributed by atoms with Crippen LogP contribution in [0, 0.1) is 13.8 Å². The number of phosphoric ester groups is 1. The monoisotopic (exact) mass is 702 g/mol. The van der Waals surface area contributed by atoms with E-state index in [9.17, 15) is 19.3 Å². The summed E-state index contributed by atoms with van der Waals surface area (Å²) in [5.74, 6) is -0.485. The summed E-state index contributed by atoms with van der Waals surface area (Å²) in [4.78, 5) is 41.4. The van der Waals surface area contributed by atoms with Crippen LogP contribution < -0.4 is 11.5 Å². The number of hydrogen-bond acceptors (Lipinski definition) is 7. The van der Waals surface area contributed by atoms with Crippen molar-refractivity contribution in [2.45, 2.75) is 117 Å². The maximum Gasteiger partial charge on any atom is 0.737 e. The van der Waals surface area contributed by atoms with E-state index in [1.807, 2.05) is 26.0 Å². The number of halogens is 2. The van der Waals surface area contributed by atoms with E-state index >= 15 is 8.63 Å². The number of aromatic nitrogens is 1. The molecule has 0 aromatic carbocycles. The molecule has 0 saturated carbocycles. The van der Waals surface area contributed by atoms with Crippen molar-refractivity contribution in [1.29, 1.82) is 0 Å². The van der Waals surface area contributed by atoms with Crippen LogP contribution in [0.4, 0.5) is 8.63 Å². The number of allylic oxidation sites excluding steroid dienone is 3. The fraction of sp³-hybridized carbons (Fsp3) is 0.656. The van der Waals surface area contributed by atoms with Gasteiger partial charge in [0.05, 0.1) is 6.61 Å². The molecular formula is C32H54BF2N4O8P. The van der Waals surface area contributed by atoms with Gasteiger partial charge in [-0.05, 0) is 63.8 Å². The minimum Gasteiger partial charge on any atom is -0.463 e. The molecule has 1 aromatic heterocycles. The lowest BCUT2D eigenvalue weighted by Crippen LogP contribution is -2.51. The number of unbranched alkanes of at least 4 members (excludes halogenated alkanes) is 8. The Morgan fingerprint density at radius 2 is 1.56 bits per heavy atom. The molecule has 2 aliphatic rings. The summed E-state index contributed by atoms with van der Waals surface area (Å²) in [6.07, 6.45) is 11.0. The number of aliphatic hydroxyl groups is 1. The summed E-state index contributed by atoms with van der Waals surface area (Å²) >= 11 is 0. The number of aliphatic hydroxyl groups excluding tert-OH is 1. The highest BCUT2D eigenvalue weighted by molar-refractivity contribution is 7.46. The Hall–Kier alpha value is -2.68. The Bertz CT molecular complexity index is 1420. The van der Waals surface area contributed by atoms with Gasteiger partial charge in [-0.1, -0.05) is 44.9 Å². The number of rotatable bonds is 21. The highest BCUT2D eigenvalue weighted by Gasteiger charge is 2.54. The van der Waals surface area contributed by atoms with Gasteiger partial charge in [-0.15, -0.1) is 0 Å². The normalized spacial score (nSPS) is 15.9. The number of carbonyl (C=O) groups excluding carboxylic acids is 2. The predicted molar refractivity (Wildman–Crippen MR) is 182 cm³/mol. The van der Waals surface area contributed by atoms with Crippen LogP contribution in [-0.4, -0.2) is 74.3 Å². The largest absolute Gasteiger partial charge is 0.737 e. The lowest BCUT2D eigenvalue weighted by molar-refractivity contribution is -0.363. The Morgan fingerprint density at radius 3 is 2.19 bits per heavy atom. The maximum absolute atomic E-state index is 15.7. The Balaban J connectivity index is 0.00000800. The van der Waals surface area contributed by atoms with Crippen LogP contribution >= 0.6 is 7.82 Å². The molecule has 0 aliphatic carbocycles. The van der Waals surface area contributed by atoms with Crippen molar-refractivity contribution < 1.29 is 51.4 Å². The SMILES string of the molecule is CC1=CC(C)=[N+]2C1=C(CCCC(=O)NCCCCCCCCCCCC(=O)OC[C@H](O)COP(=O)(O)O)c1c(C)cc(C)n1[B-]2(F)F.N. The summed E-state index contributed by atoms with van der Waals surface area (Å²) in [5, 5.41) is 12.5. The van der Waals surface area contributed by atoms with E-state index in [2.05, 4.69) is 9.84 Å². The fourth-order valence-electron chi connectivity index (χ4n) is 6.53. The molecule has 0 spiro atoms. The predicted octanol–water partition coefficient (Wildman–Crippen LogP) is 5.85.